The first-order valence-corrected chi connectivity index (χ1v) is 8.48. The van der Waals surface area contributed by atoms with Crippen molar-refractivity contribution in [2.45, 2.75) is 19.2 Å². The molecule has 1 saturated heterocycles. The zero-order valence-corrected chi connectivity index (χ0v) is 14.9. The largest absolute Gasteiger partial charge is 0.497 e. The maximum Gasteiger partial charge on any atom is 0.356 e. The lowest BCUT2D eigenvalue weighted by atomic mass is 10.1. The highest BCUT2D eigenvalue weighted by molar-refractivity contribution is 6.31. The number of methoxy groups -OCH3 is 1. The summed E-state index contributed by atoms with van der Waals surface area (Å²) in [7, 11) is 1.61. The van der Waals surface area contributed by atoms with Gasteiger partial charge in [0.25, 0.3) is 0 Å². The summed E-state index contributed by atoms with van der Waals surface area (Å²) < 4.78 is 16.2. The quantitative estimate of drug-likeness (QED) is 0.758. The van der Waals surface area contributed by atoms with Crippen LogP contribution in [0.3, 0.4) is 0 Å². The molecule has 132 valence electrons. The van der Waals surface area contributed by atoms with Gasteiger partial charge < -0.3 is 19.1 Å². The number of nitrogens with zero attached hydrogens (tertiary/aromatic N) is 1. The van der Waals surface area contributed by atoms with Gasteiger partial charge in [-0.25, -0.2) is 4.79 Å². The minimum Gasteiger partial charge on any atom is -0.497 e. The van der Waals surface area contributed by atoms with E-state index in [4.69, 9.17) is 25.8 Å². The summed E-state index contributed by atoms with van der Waals surface area (Å²) in [4.78, 5) is 14.3. The van der Waals surface area contributed by atoms with Crippen molar-refractivity contribution in [1.29, 1.82) is 0 Å². The molecule has 0 aromatic heterocycles. The molecule has 0 amide bonds. The molecule has 0 spiro atoms. The highest BCUT2D eigenvalue weighted by atomic mass is 35.5. The Hall–Kier alpha value is -2.24. The van der Waals surface area contributed by atoms with Crippen molar-refractivity contribution in [1.82, 2.24) is 0 Å². The molecule has 1 aliphatic rings. The second-order valence-corrected chi connectivity index (χ2v) is 5.99. The van der Waals surface area contributed by atoms with Crippen LogP contribution in [0, 0.1) is 0 Å². The van der Waals surface area contributed by atoms with Gasteiger partial charge in [0.15, 0.2) is 0 Å². The average Bonchev–Trinajstić information content (AvgIpc) is 3.07. The third-order valence-electron chi connectivity index (χ3n) is 4.12. The van der Waals surface area contributed by atoms with E-state index in [1.807, 2.05) is 53.4 Å². The van der Waals surface area contributed by atoms with Crippen molar-refractivity contribution in [2.75, 3.05) is 25.2 Å². The van der Waals surface area contributed by atoms with Gasteiger partial charge >= 0.3 is 5.97 Å². The fraction of sp³-hybridized carbons (Fsp3) is 0.316. The van der Waals surface area contributed by atoms with E-state index < -0.39 is 12.2 Å². The van der Waals surface area contributed by atoms with Crippen molar-refractivity contribution in [2.24, 2.45) is 0 Å². The van der Waals surface area contributed by atoms with Crippen LogP contribution in [0.2, 0.25) is 5.02 Å². The summed E-state index contributed by atoms with van der Waals surface area (Å²) in [5.74, 6) is 0.332. The van der Waals surface area contributed by atoms with Gasteiger partial charge in [-0.2, -0.15) is 0 Å². The van der Waals surface area contributed by atoms with Crippen LogP contribution in [0.4, 0.5) is 5.69 Å². The van der Waals surface area contributed by atoms with Gasteiger partial charge in [-0.1, -0.05) is 29.8 Å². The maximum atomic E-state index is 12.4. The van der Waals surface area contributed by atoms with Crippen molar-refractivity contribution in [3.8, 4) is 5.75 Å². The minimum absolute atomic E-state index is 0.184. The van der Waals surface area contributed by atoms with Crippen molar-refractivity contribution < 1.29 is 19.0 Å². The lowest BCUT2D eigenvalue weighted by Crippen LogP contribution is -2.39. The second kappa shape index (κ2) is 7.76. The summed E-state index contributed by atoms with van der Waals surface area (Å²) in [5, 5.41) is 0.638. The number of halogens is 1. The molecule has 0 radical (unpaired) electrons. The van der Waals surface area contributed by atoms with E-state index in [0.717, 1.165) is 17.0 Å². The molecule has 25 heavy (non-hydrogen) atoms. The Kier molecular flexibility index (Phi) is 5.46. The van der Waals surface area contributed by atoms with E-state index in [1.54, 1.807) is 14.0 Å². The van der Waals surface area contributed by atoms with Crippen molar-refractivity contribution in [3.63, 3.8) is 0 Å². The van der Waals surface area contributed by atoms with Crippen LogP contribution in [0.5, 0.6) is 5.75 Å². The summed E-state index contributed by atoms with van der Waals surface area (Å²) in [5.41, 5.74) is 1.74. The van der Waals surface area contributed by atoms with Crippen LogP contribution in [-0.4, -0.2) is 32.5 Å². The first-order valence-electron chi connectivity index (χ1n) is 8.10. The van der Waals surface area contributed by atoms with Gasteiger partial charge in [0, 0.05) is 10.7 Å². The average molecular weight is 362 g/mol. The van der Waals surface area contributed by atoms with E-state index in [2.05, 4.69) is 0 Å². The Morgan fingerprint density at radius 1 is 1.24 bits per heavy atom. The Morgan fingerprint density at radius 2 is 1.96 bits per heavy atom. The SMILES string of the molecule is CCOC(=O)[C@H]1OC[C@@H](c2ccccc2Cl)N1c1ccc(OC)cc1. The summed E-state index contributed by atoms with van der Waals surface area (Å²) >= 11 is 6.37. The standard InChI is InChI=1S/C19H20ClNO4/c1-3-24-19(22)18-21(13-8-10-14(23-2)11-9-13)17(12-25-18)15-6-4-5-7-16(15)20/h4-11,17-18H,3,12H2,1-2H3/t17-,18+/m0/s1. The molecular formula is C19H20ClNO4. The second-order valence-electron chi connectivity index (χ2n) is 5.58. The van der Waals surface area contributed by atoms with Crippen molar-refractivity contribution in [3.05, 3.63) is 59.1 Å². The number of carbonyl (C=O) groups excluding carboxylic acids is 1. The normalized spacial score (nSPS) is 19.7. The molecule has 0 unspecified atom stereocenters. The first kappa shape index (κ1) is 17.6. The fourth-order valence-corrected chi connectivity index (χ4v) is 3.22. The van der Waals surface area contributed by atoms with Crippen LogP contribution in [0.15, 0.2) is 48.5 Å². The van der Waals surface area contributed by atoms with Gasteiger partial charge in [-0.05, 0) is 42.8 Å². The van der Waals surface area contributed by atoms with Gasteiger partial charge in [0.05, 0.1) is 26.4 Å². The van der Waals surface area contributed by atoms with E-state index in [1.165, 1.54) is 0 Å². The molecule has 0 aliphatic carbocycles. The third kappa shape index (κ3) is 3.57. The van der Waals surface area contributed by atoms with Crippen molar-refractivity contribution >= 4 is 23.3 Å². The predicted molar refractivity (Wildman–Crippen MR) is 96.0 cm³/mol. The molecule has 2 aromatic rings. The van der Waals surface area contributed by atoms with Gasteiger partial charge in [-0.15, -0.1) is 0 Å². The summed E-state index contributed by atoms with van der Waals surface area (Å²) in [6.45, 7) is 2.42. The van der Waals surface area contributed by atoms with E-state index >= 15 is 0 Å². The number of rotatable bonds is 5. The molecular weight excluding hydrogens is 342 g/mol. The van der Waals surface area contributed by atoms with Crippen LogP contribution >= 0.6 is 11.6 Å². The zero-order chi connectivity index (χ0) is 17.8. The molecule has 6 heteroatoms. The minimum atomic E-state index is -0.811. The lowest BCUT2D eigenvalue weighted by Gasteiger charge is -2.29. The van der Waals surface area contributed by atoms with Crippen LogP contribution < -0.4 is 9.64 Å². The summed E-state index contributed by atoms with van der Waals surface area (Å²) in [6, 6.07) is 14.9. The molecule has 2 aromatic carbocycles. The van der Waals surface area contributed by atoms with E-state index in [9.17, 15) is 4.79 Å². The zero-order valence-electron chi connectivity index (χ0n) is 14.1. The molecule has 0 N–H and O–H groups in total. The van der Waals surface area contributed by atoms with Crippen LogP contribution in [-0.2, 0) is 14.3 Å². The number of hydrogen-bond acceptors (Lipinski definition) is 5. The Balaban J connectivity index is 1.99. The van der Waals surface area contributed by atoms with E-state index in [-0.39, 0.29) is 6.04 Å². The molecule has 0 bridgehead atoms. The van der Waals surface area contributed by atoms with Gasteiger partial charge in [0.1, 0.15) is 5.75 Å². The highest BCUT2D eigenvalue weighted by Crippen LogP contribution is 2.38. The smallest absolute Gasteiger partial charge is 0.356 e. The third-order valence-corrected chi connectivity index (χ3v) is 4.47. The maximum absolute atomic E-state index is 12.4. The monoisotopic (exact) mass is 361 g/mol. The first-order chi connectivity index (χ1) is 12.2. The van der Waals surface area contributed by atoms with Crippen LogP contribution in [0.1, 0.15) is 18.5 Å². The lowest BCUT2D eigenvalue weighted by molar-refractivity contribution is -0.153. The number of anilines is 1. The Morgan fingerprint density at radius 3 is 2.60 bits per heavy atom. The highest BCUT2D eigenvalue weighted by Gasteiger charge is 2.41. The summed E-state index contributed by atoms with van der Waals surface area (Å²) in [6.07, 6.45) is -0.811. The molecule has 0 saturated carbocycles. The molecule has 3 rings (SSSR count). The number of hydrogen-bond donors (Lipinski definition) is 0. The number of esters is 1. The Bertz CT molecular complexity index is 734. The molecule has 5 nitrogen and oxygen atoms in total. The van der Waals surface area contributed by atoms with E-state index in [0.29, 0.717) is 18.2 Å². The molecule has 1 heterocycles. The number of carbonyl (C=O) groups is 1. The van der Waals surface area contributed by atoms with Crippen LogP contribution in [0.25, 0.3) is 0 Å². The predicted octanol–water partition coefficient (Wildman–Crippen LogP) is 3.82. The fourth-order valence-electron chi connectivity index (χ4n) is 2.96. The molecule has 2 atom stereocenters. The topological polar surface area (TPSA) is 48.0 Å². The number of ether oxygens (including phenoxy) is 3. The van der Waals surface area contributed by atoms with Gasteiger partial charge in [-0.3, -0.25) is 0 Å². The Labute approximate surface area is 152 Å². The number of benzene rings is 2. The molecule has 1 fully saturated rings. The van der Waals surface area contributed by atoms with Gasteiger partial charge in [0.2, 0.25) is 6.23 Å². The molecule has 1 aliphatic heterocycles.